The normalized spacial score (nSPS) is 22.5. The molecule has 1 saturated heterocycles. The fourth-order valence-electron chi connectivity index (χ4n) is 1.39. The molecule has 1 aliphatic rings. The molecule has 0 aliphatic carbocycles. The number of carbonyl (C=O) groups excluding carboxylic acids is 1. The molecule has 1 amide bonds. The molecule has 68 valence electrons. The highest BCUT2D eigenvalue weighted by Gasteiger charge is 2.23. The predicted molar refractivity (Wildman–Crippen MR) is 54.7 cm³/mol. The number of amides is 1. The molecule has 2 nitrogen and oxygen atoms in total. The molecular formula is C10H11NOS. The summed E-state index contributed by atoms with van der Waals surface area (Å²) in [5.41, 5.74) is 1.10. The highest BCUT2D eigenvalue weighted by Crippen LogP contribution is 2.30. The Bertz CT molecular complexity index is 299. The SMILES string of the molecule is O=C1NCCS[C@H]1c1ccccc1. The largest absolute Gasteiger partial charge is 0.354 e. The summed E-state index contributed by atoms with van der Waals surface area (Å²) >= 11 is 1.71. The third-order valence-corrected chi connectivity index (χ3v) is 3.29. The molecule has 1 aromatic carbocycles. The molecule has 1 heterocycles. The quantitative estimate of drug-likeness (QED) is 0.734. The lowest BCUT2D eigenvalue weighted by atomic mass is 10.1. The van der Waals surface area contributed by atoms with Crippen LogP contribution in [0.1, 0.15) is 10.8 Å². The van der Waals surface area contributed by atoms with Crippen LogP contribution in [0.4, 0.5) is 0 Å². The van der Waals surface area contributed by atoms with Crippen LogP contribution in [-0.2, 0) is 4.79 Å². The number of hydrogen-bond donors (Lipinski definition) is 1. The molecular weight excluding hydrogens is 182 g/mol. The predicted octanol–water partition coefficient (Wildman–Crippen LogP) is 1.59. The van der Waals surface area contributed by atoms with Gasteiger partial charge in [0.25, 0.3) is 0 Å². The first-order valence-electron chi connectivity index (χ1n) is 4.32. The number of thioether (sulfide) groups is 1. The van der Waals surface area contributed by atoms with Crippen LogP contribution < -0.4 is 5.32 Å². The van der Waals surface area contributed by atoms with Crippen molar-refractivity contribution in [3.8, 4) is 0 Å². The molecule has 1 aliphatic heterocycles. The lowest BCUT2D eigenvalue weighted by Gasteiger charge is -2.21. The van der Waals surface area contributed by atoms with Crippen molar-refractivity contribution in [1.29, 1.82) is 0 Å². The minimum Gasteiger partial charge on any atom is -0.354 e. The fraction of sp³-hybridized carbons (Fsp3) is 0.300. The van der Waals surface area contributed by atoms with Gasteiger partial charge >= 0.3 is 0 Å². The standard InChI is InChI=1S/C10H11NOS/c12-10-9(13-7-6-11-10)8-4-2-1-3-5-8/h1-5,9H,6-7H2,(H,11,12)/t9-/m0/s1. The average Bonchev–Trinajstić information content (AvgIpc) is 2.20. The summed E-state index contributed by atoms with van der Waals surface area (Å²) in [6.45, 7) is 0.798. The van der Waals surface area contributed by atoms with Crippen molar-refractivity contribution in [2.45, 2.75) is 5.25 Å². The van der Waals surface area contributed by atoms with Crippen molar-refractivity contribution < 1.29 is 4.79 Å². The highest BCUT2D eigenvalue weighted by molar-refractivity contribution is 8.00. The van der Waals surface area contributed by atoms with Crippen LogP contribution in [0.3, 0.4) is 0 Å². The van der Waals surface area contributed by atoms with E-state index in [1.165, 1.54) is 0 Å². The zero-order valence-electron chi connectivity index (χ0n) is 7.19. The zero-order valence-corrected chi connectivity index (χ0v) is 8.01. The van der Waals surface area contributed by atoms with Crippen LogP contribution in [0.15, 0.2) is 30.3 Å². The first-order valence-corrected chi connectivity index (χ1v) is 5.37. The van der Waals surface area contributed by atoms with Crippen LogP contribution >= 0.6 is 11.8 Å². The lowest BCUT2D eigenvalue weighted by molar-refractivity contribution is -0.120. The molecule has 1 N–H and O–H groups in total. The summed E-state index contributed by atoms with van der Waals surface area (Å²) in [5, 5.41) is 2.87. The van der Waals surface area contributed by atoms with Gasteiger partial charge in [0, 0.05) is 12.3 Å². The molecule has 0 spiro atoms. The Balaban J connectivity index is 2.20. The number of hydrogen-bond acceptors (Lipinski definition) is 2. The molecule has 2 rings (SSSR count). The molecule has 13 heavy (non-hydrogen) atoms. The zero-order chi connectivity index (χ0) is 9.10. The van der Waals surface area contributed by atoms with Gasteiger partial charge in [-0.05, 0) is 5.56 Å². The third kappa shape index (κ3) is 1.86. The third-order valence-electron chi connectivity index (χ3n) is 2.03. The van der Waals surface area contributed by atoms with Crippen molar-refractivity contribution in [2.24, 2.45) is 0 Å². The van der Waals surface area contributed by atoms with E-state index in [1.807, 2.05) is 30.3 Å². The topological polar surface area (TPSA) is 29.1 Å². The summed E-state index contributed by atoms with van der Waals surface area (Å²) in [4.78, 5) is 11.5. The molecule has 0 radical (unpaired) electrons. The van der Waals surface area contributed by atoms with Crippen LogP contribution in [0.2, 0.25) is 0 Å². The molecule has 3 heteroatoms. The van der Waals surface area contributed by atoms with Gasteiger partial charge in [-0.15, -0.1) is 11.8 Å². The summed E-state index contributed by atoms with van der Waals surface area (Å²) in [7, 11) is 0. The van der Waals surface area contributed by atoms with E-state index in [2.05, 4.69) is 5.32 Å². The van der Waals surface area contributed by atoms with E-state index < -0.39 is 0 Å². The molecule has 0 aromatic heterocycles. The van der Waals surface area contributed by atoms with Crippen LogP contribution in [0, 0.1) is 0 Å². The van der Waals surface area contributed by atoms with Crippen LogP contribution in [0.5, 0.6) is 0 Å². The summed E-state index contributed by atoms with van der Waals surface area (Å²) in [6, 6.07) is 9.91. The first-order chi connectivity index (χ1) is 6.38. The maximum atomic E-state index is 11.5. The number of carbonyl (C=O) groups is 1. The molecule has 1 aromatic rings. The summed E-state index contributed by atoms with van der Waals surface area (Å²) < 4.78 is 0. The Morgan fingerprint density at radius 2 is 2.08 bits per heavy atom. The second-order valence-electron chi connectivity index (χ2n) is 2.95. The van der Waals surface area contributed by atoms with Crippen molar-refractivity contribution in [3.05, 3.63) is 35.9 Å². The van der Waals surface area contributed by atoms with E-state index in [9.17, 15) is 4.79 Å². The monoisotopic (exact) mass is 193 g/mol. The second kappa shape index (κ2) is 3.83. The van der Waals surface area contributed by atoms with Gasteiger partial charge in [0.15, 0.2) is 0 Å². The van der Waals surface area contributed by atoms with Gasteiger partial charge in [-0.2, -0.15) is 0 Å². The number of benzene rings is 1. The molecule has 1 atom stereocenters. The van der Waals surface area contributed by atoms with E-state index in [4.69, 9.17) is 0 Å². The maximum Gasteiger partial charge on any atom is 0.237 e. The summed E-state index contributed by atoms with van der Waals surface area (Å²) in [6.07, 6.45) is 0. The van der Waals surface area contributed by atoms with Gasteiger partial charge in [-0.1, -0.05) is 30.3 Å². The van der Waals surface area contributed by atoms with Crippen molar-refractivity contribution in [1.82, 2.24) is 5.32 Å². The first kappa shape index (κ1) is 8.63. The molecule has 1 fully saturated rings. The van der Waals surface area contributed by atoms with Gasteiger partial charge in [-0.3, -0.25) is 4.79 Å². The van der Waals surface area contributed by atoms with Crippen molar-refractivity contribution >= 4 is 17.7 Å². The van der Waals surface area contributed by atoms with E-state index in [-0.39, 0.29) is 11.2 Å². The highest BCUT2D eigenvalue weighted by atomic mass is 32.2. The second-order valence-corrected chi connectivity index (χ2v) is 4.17. The molecule has 0 bridgehead atoms. The molecule has 0 saturated carbocycles. The van der Waals surface area contributed by atoms with E-state index >= 15 is 0 Å². The van der Waals surface area contributed by atoms with Gasteiger partial charge in [0.05, 0.1) is 0 Å². The Morgan fingerprint density at radius 3 is 2.77 bits per heavy atom. The average molecular weight is 193 g/mol. The van der Waals surface area contributed by atoms with Crippen LogP contribution in [0.25, 0.3) is 0 Å². The number of nitrogens with one attached hydrogen (secondary N) is 1. The fourth-order valence-corrected chi connectivity index (χ4v) is 2.43. The number of rotatable bonds is 1. The van der Waals surface area contributed by atoms with Gasteiger partial charge < -0.3 is 5.32 Å². The van der Waals surface area contributed by atoms with E-state index in [0.29, 0.717) is 0 Å². The van der Waals surface area contributed by atoms with Gasteiger partial charge in [0.2, 0.25) is 5.91 Å². The maximum absolute atomic E-state index is 11.5. The lowest BCUT2D eigenvalue weighted by Crippen LogP contribution is -2.34. The van der Waals surface area contributed by atoms with E-state index in [0.717, 1.165) is 17.9 Å². The Hall–Kier alpha value is -0.960. The summed E-state index contributed by atoms with van der Waals surface area (Å²) in [5.74, 6) is 1.15. The van der Waals surface area contributed by atoms with Crippen molar-refractivity contribution in [3.63, 3.8) is 0 Å². The Morgan fingerprint density at radius 1 is 1.31 bits per heavy atom. The molecule has 0 unspecified atom stereocenters. The van der Waals surface area contributed by atoms with Crippen molar-refractivity contribution in [2.75, 3.05) is 12.3 Å². The minimum atomic E-state index is -0.00468. The minimum absolute atomic E-state index is 0.00468. The van der Waals surface area contributed by atoms with Crippen LogP contribution in [-0.4, -0.2) is 18.2 Å². The van der Waals surface area contributed by atoms with E-state index in [1.54, 1.807) is 11.8 Å². The van der Waals surface area contributed by atoms with Gasteiger partial charge in [-0.25, -0.2) is 0 Å². The smallest absolute Gasteiger partial charge is 0.237 e. The van der Waals surface area contributed by atoms with Gasteiger partial charge in [0.1, 0.15) is 5.25 Å². The Kier molecular flexibility index (Phi) is 2.54. The Labute approximate surface area is 81.7 Å².